The van der Waals surface area contributed by atoms with Crippen LogP contribution in [0.2, 0.25) is 0 Å². The van der Waals surface area contributed by atoms with Gasteiger partial charge in [0, 0.05) is 24.2 Å². The van der Waals surface area contributed by atoms with Crippen molar-refractivity contribution in [3.05, 3.63) is 39.9 Å². The molecule has 4 atom stereocenters. The van der Waals surface area contributed by atoms with Gasteiger partial charge in [0.15, 0.2) is 6.61 Å². The van der Waals surface area contributed by atoms with Crippen molar-refractivity contribution >= 4 is 29.3 Å². The summed E-state index contributed by atoms with van der Waals surface area (Å²) >= 11 is 0. The second-order valence-electron chi connectivity index (χ2n) is 7.85. The Kier molecular flexibility index (Phi) is 4.89. The lowest BCUT2D eigenvalue weighted by atomic mass is 9.81. The first-order valence-electron chi connectivity index (χ1n) is 9.65. The van der Waals surface area contributed by atoms with Gasteiger partial charge in [0.2, 0.25) is 17.6 Å². The molecule has 0 N–H and O–H groups in total. The first-order chi connectivity index (χ1) is 13.9. The van der Waals surface area contributed by atoms with E-state index in [9.17, 15) is 29.3 Å². The fourth-order valence-corrected chi connectivity index (χ4v) is 4.99. The maximum Gasteiger partial charge on any atom is 0.308 e. The number of rotatable bonds is 7. The van der Waals surface area contributed by atoms with E-state index >= 15 is 0 Å². The Hall–Kier alpha value is -3.10. The molecule has 9 heteroatoms. The number of carbonyl (C=O) groups excluding carboxylic acids is 4. The minimum atomic E-state index is -0.704. The Bertz CT molecular complexity index is 884. The quantitative estimate of drug-likeness (QED) is 0.224. The van der Waals surface area contributed by atoms with Gasteiger partial charge < -0.3 is 4.74 Å². The number of nitro groups is 1. The van der Waals surface area contributed by atoms with E-state index in [1.54, 1.807) is 0 Å². The second-order valence-corrected chi connectivity index (χ2v) is 7.85. The number of fused-ring (bicyclic) bond motifs is 5. The molecule has 152 valence electrons. The van der Waals surface area contributed by atoms with Crippen LogP contribution in [0.15, 0.2) is 24.3 Å². The first kappa shape index (κ1) is 19.2. The van der Waals surface area contributed by atoms with Gasteiger partial charge in [-0.05, 0) is 31.1 Å². The van der Waals surface area contributed by atoms with Crippen LogP contribution >= 0.6 is 0 Å². The Morgan fingerprint density at radius 3 is 2.41 bits per heavy atom. The number of ketones is 1. The molecule has 1 aromatic carbocycles. The topological polar surface area (TPSA) is 124 Å². The van der Waals surface area contributed by atoms with Gasteiger partial charge >= 0.3 is 5.97 Å². The molecule has 2 saturated carbocycles. The SMILES string of the molecule is O=C(CCN1C(=O)[C@H]2[C@@H]3CC[C@@H](C3)[C@@H]2C1=O)OCC(=O)c1cccc([N+](=O)[O-])c1. The molecule has 0 aromatic heterocycles. The lowest BCUT2D eigenvalue weighted by Gasteiger charge is -2.19. The van der Waals surface area contributed by atoms with Crippen LogP contribution in [-0.4, -0.2) is 46.5 Å². The Morgan fingerprint density at radius 2 is 1.79 bits per heavy atom. The summed E-state index contributed by atoms with van der Waals surface area (Å²) in [5.74, 6) is -1.54. The molecule has 1 aromatic rings. The minimum absolute atomic E-state index is 0.0477. The molecule has 1 heterocycles. The third-order valence-corrected chi connectivity index (χ3v) is 6.30. The van der Waals surface area contributed by atoms with Gasteiger partial charge in [-0.15, -0.1) is 0 Å². The van der Waals surface area contributed by atoms with Gasteiger partial charge in [-0.25, -0.2) is 0 Å². The molecule has 0 spiro atoms. The predicted octanol–water partition coefficient (Wildman–Crippen LogP) is 1.74. The molecule has 3 fully saturated rings. The van der Waals surface area contributed by atoms with Gasteiger partial charge in [-0.2, -0.15) is 0 Å². The third-order valence-electron chi connectivity index (χ3n) is 6.30. The molecule has 1 aliphatic heterocycles. The highest BCUT2D eigenvalue weighted by Crippen LogP contribution is 2.56. The number of imide groups is 1. The van der Waals surface area contributed by atoms with Crippen molar-refractivity contribution in [2.45, 2.75) is 25.7 Å². The monoisotopic (exact) mass is 400 g/mol. The summed E-state index contributed by atoms with van der Waals surface area (Å²) in [4.78, 5) is 60.5. The molecule has 29 heavy (non-hydrogen) atoms. The number of ether oxygens (including phenoxy) is 1. The molecular weight excluding hydrogens is 380 g/mol. The summed E-state index contributed by atoms with van der Waals surface area (Å²) in [6.07, 6.45) is 2.73. The molecule has 9 nitrogen and oxygen atoms in total. The first-order valence-corrected chi connectivity index (χ1v) is 9.65. The highest BCUT2D eigenvalue weighted by Gasteiger charge is 2.60. The van der Waals surface area contributed by atoms with Gasteiger partial charge in [-0.3, -0.25) is 34.2 Å². The summed E-state index contributed by atoms with van der Waals surface area (Å²) in [7, 11) is 0. The zero-order chi connectivity index (χ0) is 20.7. The molecule has 4 rings (SSSR count). The summed E-state index contributed by atoms with van der Waals surface area (Å²) in [6.45, 7) is -0.606. The van der Waals surface area contributed by atoms with E-state index in [4.69, 9.17) is 4.74 Å². The molecule has 0 radical (unpaired) electrons. The van der Waals surface area contributed by atoms with E-state index in [1.165, 1.54) is 23.1 Å². The van der Waals surface area contributed by atoms with E-state index in [0.717, 1.165) is 25.3 Å². The zero-order valence-corrected chi connectivity index (χ0v) is 15.6. The summed E-state index contributed by atoms with van der Waals surface area (Å²) < 4.78 is 4.93. The van der Waals surface area contributed by atoms with Crippen molar-refractivity contribution in [3.8, 4) is 0 Å². The molecule has 3 aliphatic rings. The van der Waals surface area contributed by atoms with Crippen LogP contribution in [-0.2, 0) is 19.1 Å². The molecule has 1 saturated heterocycles. The van der Waals surface area contributed by atoms with Crippen molar-refractivity contribution in [3.63, 3.8) is 0 Å². The molecular formula is C20H20N2O7. The Morgan fingerprint density at radius 1 is 1.14 bits per heavy atom. The number of esters is 1. The predicted molar refractivity (Wildman–Crippen MR) is 97.5 cm³/mol. The molecule has 2 bridgehead atoms. The zero-order valence-electron chi connectivity index (χ0n) is 15.6. The van der Waals surface area contributed by atoms with E-state index in [0.29, 0.717) is 0 Å². The largest absolute Gasteiger partial charge is 0.457 e. The van der Waals surface area contributed by atoms with Crippen LogP contribution in [0.5, 0.6) is 0 Å². The molecule has 2 amide bonds. The van der Waals surface area contributed by atoms with Crippen molar-refractivity contribution in [1.29, 1.82) is 0 Å². The standard InChI is InChI=1S/C20H20N2O7/c23-15(11-2-1-3-14(9-11)22(27)28)10-29-16(24)6-7-21-19(25)17-12-4-5-13(8-12)18(17)20(21)26/h1-3,9,12-13,17-18H,4-8,10H2/t12-,13+,17-,18-/m0/s1. The Labute approximate surface area is 166 Å². The number of carbonyl (C=O) groups is 4. The normalized spacial score (nSPS) is 27.2. The maximum absolute atomic E-state index is 12.6. The summed E-state index contributed by atoms with van der Waals surface area (Å²) in [5, 5.41) is 10.8. The van der Waals surface area contributed by atoms with Crippen LogP contribution in [0.3, 0.4) is 0 Å². The lowest BCUT2D eigenvalue weighted by Crippen LogP contribution is -2.35. The third kappa shape index (κ3) is 3.41. The number of hydrogen-bond acceptors (Lipinski definition) is 7. The van der Waals surface area contributed by atoms with E-state index in [1.807, 2.05) is 0 Å². The number of Topliss-reactive ketones (excluding diaryl/α,β-unsaturated/α-hetero) is 1. The van der Waals surface area contributed by atoms with Gasteiger partial charge in [0.1, 0.15) is 0 Å². The number of benzene rings is 1. The second kappa shape index (κ2) is 7.38. The fourth-order valence-electron chi connectivity index (χ4n) is 4.99. The van der Waals surface area contributed by atoms with Gasteiger partial charge in [0.05, 0.1) is 23.2 Å². The van der Waals surface area contributed by atoms with Crippen molar-refractivity contribution in [2.24, 2.45) is 23.7 Å². The van der Waals surface area contributed by atoms with E-state index in [-0.39, 0.29) is 59.7 Å². The number of non-ortho nitro benzene ring substituents is 1. The van der Waals surface area contributed by atoms with E-state index < -0.39 is 23.3 Å². The van der Waals surface area contributed by atoms with Crippen LogP contribution < -0.4 is 0 Å². The lowest BCUT2D eigenvalue weighted by molar-refractivity contribution is -0.384. The van der Waals surface area contributed by atoms with Crippen molar-refractivity contribution in [1.82, 2.24) is 4.90 Å². The fraction of sp³-hybridized carbons (Fsp3) is 0.500. The minimum Gasteiger partial charge on any atom is -0.457 e. The van der Waals surface area contributed by atoms with Crippen LogP contribution in [0.25, 0.3) is 0 Å². The number of nitrogens with zero attached hydrogens (tertiary/aromatic N) is 2. The highest BCUT2D eigenvalue weighted by molar-refractivity contribution is 6.06. The Balaban J connectivity index is 1.28. The van der Waals surface area contributed by atoms with Crippen LogP contribution in [0.1, 0.15) is 36.0 Å². The molecule has 0 unspecified atom stereocenters. The average Bonchev–Trinajstić information content (AvgIpc) is 3.39. The highest BCUT2D eigenvalue weighted by atomic mass is 16.6. The van der Waals surface area contributed by atoms with Gasteiger partial charge in [-0.1, -0.05) is 12.1 Å². The smallest absolute Gasteiger partial charge is 0.308 e. The van der Waals surface area contributed by atoms with Gasteiger partial charge in [0.25, 0.3) is 5.69 Å². The summed E-state index contributed by atoms with van der Waals surface area (Å²) in [5.41, 5.74) is -0.159. The van der Waals surface area contributed by atoms with Crippen molar-refractivity contribution < 1.29 is 28.8 Å². The van der Waals surface area contributed by atoms with Crippen LogP contribution in [0.4, 0.5) is 5.69 Å². The number of amides is 2. The average molecular weight is 400 g/mol. The van der Waals surface area contributed by atoms with Crippen molar-refractivity contribution in [2.75, 3.05) is 13.2 Å². The van der Waals surface area contributed by atoms with E-state index in [2.05, 4.69) is 0 Å². The maximum atomic E-state index is 12.6. The number of likely N-dealkylation sites (tertiary alicyclic amines) is 1. The number of nitro benzene ring substituents is 1. The molecule has 2 aliphatic carbocycles. The summed E-state index contributed by atoms with van der Waals surface area (Å²) in [6, 6.07) is 5.15. The number of hydrogen-bond donors (Lipinski definition) is 0. The van der Waals surface area contributed by atoms with Crippen LogP contribution in [0, 0.1) is 33.8 Å².